The molecule has 0 aliphatic rings. The number of aryl methyl sites for hydroxylation is 4. The van der Waals surface area contributed by atoms with E-state index in [0.717, 1.165) is 110 Å². The van der Waals surface area contributed by atoms with Crippen LogP contribution in [0.15, 0.2) is 109 Å². The van der Waals surface area contributed by atoms with Crippen LogP contribution in [0.2, 0.25) is 0 Å². The topological polar surface area (TPSA) is 195 Å². The number of carboxylic acid groups (broad SMARTS) is 4. The molecule has 0 aliphatic carbocycles. The van der Waals surface area contributed by atoms with E-state index < -0.39 is 46.6 Å². The van der Waals surface area contributed by atoms with Gasteiger partial charge >= 0.3 is 71.1 Å². The zero-order chi connectivity index (χ0) is 46.4. The average molecular weight is 961 g/mol. The number of carbonyl (C=O) groups is 4. The zero-order valence-electron chi connectivity index (χ0n) is 38.9. The number of hydrogen-bond acceptors (Lipinski definition) is 10. The van der Waals surface area contributed by atoms with Crippen LogP contribution < -0.4 is 69.3 Å². The second-order valence-electron chi connectivity index (χ2n) is 16.0. The van der Waals surface area contributed by atoms with E-state index in [1.807, 2.05) is 60.7 Å². The Labute approximate surface area is 444 Å². The van der Waals surface area contributed by atoms with Gasteiger partial charge in [0.2, 0.25) is 0 Å². The fourth-order valence-corrected chi connectivity index (χ4v) is 10.1. The van der Waals surface area contributed by atoms with Crippen molar-refractivity contribution < 1.29 is 109 Å². The molecule has 0 saturated carbocycles. The molecular formula is C52H66Na2O10S2. The molecule has 4 aromatic carbocycles. The quantitative estimate of drug-likeness (QED) is 0.0413. The van der Waals surface area contributed by atoms with Gasteiger partial charge in [0.05, 0.1) is 35.3 Å². The van der Waals surface area contributed by atoms with Crippen molar-refractivity contribution in [2.75, 3.05) is 11.5 Å². The Morgan fingerprint density at radius 1 is 0.424 bits per heavy atom. The van der Waals surface area contributed by atoms with Crippen LogP contribution >= 0.6 is 23.5 Å². The first-order chi connectivity index (χ1) is 31.0. The number of thioether (sulfide) groups is 2. The van der Waals surface area contributed by atoms with Gasteiger partial charge in [-0.1, -0.05) is 161 Å². The molecule has 0 amide bonds. The predicted molar refractivity (Wildman–Crippen MR) is 253 cm³/mol. The van der Waals surface area contributed by atoms with Crippen LogP contribution in [0, 0.1) is 0 Å². The molecule has 0 bridgehead atoms. The maximum atomic E-state index is 11.3. The first kappa shape index (κ1) is 61.4. The van der Waals surface area contributed by atoms with Crippen molar-refractivity contribution in [1.82, 2.24) is 0 Å². The number of benzene rings is 4. The van der Waals surface area contributed by atoms with E-state index >= 15 is 0 Å². The molecule has 14 heteroatoms. The summed E-state index contributed by atoms with van der Waals surface area (Å²) < 4.78 is 0. The molecule has 4 rings (SSSR count). The number of rotatable bonds is 32. The largest absolute Gasteiger partial charge is 1.00 e. The summed E-state index contributed by atoms with van der Waals surface area (Å²) in [5.41, 5.74) is 6.29. The van der Waals surface area contributed by atoms with Gasteiger partial charge < -0.3 is 40.2 Å². The number of aliphatic carboxylic acids is 4. The number of unbranched alkanes of at least 4 members (excludes halogenated alkanes) is 10. The van der Waals surface area contributed by atoms with Crippen LogP contribution in [0.4, 0.5) is 0 Å². The molecule has 4 atom stereocenters. The SMILES string of the molecule is O=C(O)CCS[C@H](c1ccccc1CCCCCCCCc1ccccc1)[C@@H](O)C(=O)[O-].O=C(O)CCS[C@H](c1ccccc1CCCCCCCCc1ccccc1)[C@@H](O)C(=O)[O-].[Na+].[Na+]. The number of aliphatic hydroxyl groups excluding tert-OH is 2. The third-order valence-corrected chi connectivity index (χ3v) is 13.6. The summed E-state index contributed by atoms with van der Waals surface area (Å²) in [6, 6.07) is 36.1. The number of aliphatic hydroxyl groups is 2. The Morgan fingerprint density at radius 2 is 0.712 bits per heavy atom. The summed E-state index contributed by atoms with van der Waals surface area (Å²) in [7, 11) is 0. The van der Waals surface area contributed by atoms with Crippen molar-refractivity contribution in [2.24, 2.45) is 0 Å². The van der Waals surface area contributed by atoms with Gasteiger partial charge in [-0.3, -0.25) is 9.59 Å². The third kappa shape index (κ3) is 25.7. The molecule has 10 nitrogen and oxygen atoms in total. The third-order valence-electron chi connectivity index (χ3n) is 11.0. The Hall–Kier alpha value is -2.62. The van der Waals surface area contributed by atoms with E-state index in [-0.39, 0.29) is 83.5 Å². The van der Waals surface area contributed by atoms with Crippen molar-refractivity contribution in [3.63, 3.8) is 0 Å². The summed E-state index contributed by atoms with van der Waals surface area (Å²) in [5.74, 6) is -4.53. The van der Waals surface area contributed by atoms with Gasteiger partial charge in [-0.05, 0) is 84.7 Å². The minimum atomic E-state index is -1.68. The molecule has 0 aliphatic heterocycles. The van der Waals surface area contributed by atoms with Gasteiger partial charge in [0.25, 0.3) is 0 Å². The maximum Gasteiger partial charge on any atom is 1.00 e. The molecule has 4 aromatic rings. The van der Waals surface area contributed by atoms with Gasteiger partial charge in [0.1, 0.15) is 12.2 Å². The van der Waals surface area contributed by atoms with Crippen LogP contribution in [0.1, 0.15) is 134 Å². The van der Waals surface area contributed by atoms with E-state index in [4.69, 9.17) is 10.2 Å². The normalized spacial score (nSPS) is 12.5. The number of hydrogen-bond donors (Lipinski definition) is 4. The van der Waals surface area contributed by atoms with Crippen LogP contribution in [-0.4, -0.2) is 68.0 Å². The van der Waals surface area contributed by atoms with Gasteiger partial charge in [-0.25, -0.2) is 0 Å². The second-order valence-corrected chi connectivity index (χ2v) is 18.5. The monoisotopic (exact) mass is 960 g/mol. The molecular weight excluding hydrogens is 895 g/mol. The van der Waals surface area contributed by atoms with Crippen molar-refractivity contribution in [1.29, 1.82) is 0 Å². The Morgan fingerprint density at radius 3 is 1.03 bits per heavy atom. The second kappa shape index (κ2) is 37.3. The molecule has 0 spiro atoms. The van der Waals surface area contributed by atoms with Gasteiger partial charge in [0, 0.05) is 11.5 Å². The fourth-order valence-electron chi connectivity index (χ4n) is 7.57. The van der Waals surface area contributed by atoms with Gasteiger partial charge in [0.15, 0.2) is 0 Å². The molecule has 0 radical (unpaired) electrons. The zero-order valence-corrected chi connectivity index (χ0v) is 44.5. The summed E-state index contributed by atoms with van der Waals surface area (Å²) in [6.07, 6.45) is 14.0. The van der Waals surface area contributed by atoms with E-state index in [2.05, 4.69) is 48.5 Å². The summed E-state index contributed by atoms with van der Waals surface area (Å²) in [6.45, 7) is 0. The van der Waals surface area contributed by atoms with Gasteiger partial charge in [-0.15, -0.1) is 0 Å². The van der Waals surface area contributed by atoms with Crippen molar-refractivity contribution in [2.45, 2.75) is 138 Å². The van der Waals surface area contributed by atoms with Crippen LogP contribution in [0.5, 0.6) is 0 Å². The van der Waals surface area contributed by atoms with E-state index in [0.29, 0.717) is 0 Å². The molecule has 0 saturated heterocycles. The fraction of sp³-hybridized carbons (Fsp3) is 0.462. The van der Waals surface area contributed by atoms with Crippen LogP contribution in [-0.2, 0) is 44.9 Å². The van der Waals surface area contributed by atoms with E-state index in [1.54, 1.807) is 0 Å². The average Bonchev–Trinajstić information content (AvgIpc) is 3.29. The molecule has 0 fully saturated rings. The van der Waals surface area contributed by atoms with Crippen molar-refractivity contribution in [3.05, 3.63) is 143 Å². The minimum absolute atomic E-state index is 0. The standard InChI is InChI=1S/2C26H34O5S.2Na/c2*27-23(28)18-19-32-25(24(29)26(30)31)22-17-11-10-16-21(22)15-9-4-2-1-3-6-12-20-13-7-5-8-14-20;;/h2*5,7-8,10-11,13-14,16-17,24-25,29H,1-4,6,9,12,15,18-19H2,(H,27,28)(H,30,31);;/q;;2*+1/p-2/t2*24-,25-;;/m11../s1. The number of carboxylic acids is 4. The molecule has 0 unspecified atom stereocenters. The maximum absolute atomic E-state index is 11.3. The first-order valence-corrected chi connectivity index (χ1v) is 24.8. The van der Waals surface area contributed by atoms with Crippen molar-refractivity contribution in [3.8, 4) is 0 Å². The van der Waals surface area contributed by atoms with Gasteiger partial charge in [-0.2, -0.15) is 23.5 Å². The smallest absolute Gasteiger partial charge is 0.547 e. The summed E-state index contributed by atoms with van der Waals surface area (Å²) in [5, 5.41) is 59.2. The van der Waals surface area contributed by atoms with E-state index in [9.17, 15) is 39.6 Å². The first-order valence-electron chi connectivity index (χ1n) is 22.7. The van der Waals surface area contributed by atoms with E-state index in [1.165, 1.54) is 49.7 Å². The Balaban J connectivity index is 0.000000641. The van der Waals surface area contributed by atoms with Crippen LogP contribution in [0.3, 0.4) is 0 Å². The Bertz CT molecular complexity index is 1800. The van der Waals surface area contributed by atoms with Crippen LogP contribution in [0.25, 0.3) is 0 Å². The molecule has 0 heterocycles. The molecule has 0 aromatic heterocycles. The minimum Gasteiger partial charge on any atom is -0.547 e. The summed E-state index contributed by atoms with van der Waals surface area (Å²) in [4.78, 5) is 44.3. The Kier molecular flexibility index (Phi) is 34.7. The number of carbonyl (C=O) groups excluding carboxylic acids is 2. The predicted octanol–water partition coefficient (Wildman–Crippen LogP) is 2.35. The molecule has 4 N–H and O–H groups in total. The molecule has 348 valence electrons. The molecule has 66 heavy (non-hydrogen) atoms. The summed E-state index contributed by atoms with van der Waals surface area (Å²) >= 11 is 2.31. The van der Waals surface area contributed by atoms with Crippen molar-refractivity contribution >= 4 is 47.4 Å².